The van der Waals surface area contributed by atoms with Crippen molar-refractivity contribution in [1.29, 1.82) is 0 Å². The Balaban J connectivity index is 1.88. The Morgan fingerprint density at radius 2 is 2.28 bits per heavy atom. The second kappa shape index (κ2) is 5.16. The summed E-state index contributed by atoms with van der Waals surface area (Å²) in [5.41, 5.74) is 0.762. The van der Waals surface area contributed by atoms with Gasteiger partial charge in [-0.15, -0.1) is 0 Å². The van der Waals surface area contributed by atoms with Gasteiger partial charge in [-0.1, -0.05) is 0 Å². The van der Waals surface area contributed by atoms with Crippen LogP contribution in [0.1, 0.15) is 18.1 Å². The second-order valence-corrected chi connectivity index (χ2v) is 6.62. The van der Waals surface area contributed by atoms with E-state index in [1.807, 2.05) is 0 Å². The average Bonchev–Trinajstić information content (AvgIpc) is 2.65. The van der Waals surface area contributed by atoms with Gasteiger partial charge in [0.1, 0.15) is 34.0 Å². The molecular weight excluding hydrogens is 256 g/mol. The third-order valence-corrected chi connectivity index (χ3v) is 3.70. The predicted molar refractivity (Wildman–Crippen MR) is 66.7 cm³/mol. The molecule has 0 bridgehead atoms. The molecule has 1 aromatic carbocycles. The molecule has 1 unspecified atom stereocenters. The summed E-state index contributed by atoms with van der Waals surface area (Å²) in [6.45, 7) is 0.612. The minimum absolute atomic E-state index is 0.118. The topological polar surface area (TPSA) is 72.8 Å². The number of ether oxygens (including phenoxy) is 2. The molecule has 5 nitrogen and oxygen atoms in total. The number of benzene rings is 1. The highest BCUT2D eigenvalue weighted by Gasteiger charge is 2.21. The molecule has 1 atom stereocenters. The van der Waals surface area contributed by atoms with Crippen LogP contribution in [0.2, 0.25) is 0 Å². The Morgan fingerprint density at radius 1 is 1.50 bits per heavy atom. The van der Waals surface area contributed by atoms with Crippen LogP contribution in [0.5, 0.6) is 11.5 Å². The molecular formula is C12H16O5S. The van der Waals surface area contributed by atoms with Gasteiger partial charge < -0.3 is 14.6 Å². The highest BCUT2D eigenvalue weighted by atomic mass is 32.2. The number of aliphatic hydroxyl groups is 1. The van der Waals surface area contributed by atoms with E-state index in [2.05, 4.69) is 0 Å². The van der Waals surface area contributed by atoms with E-state index in [0.29, 0.717) is 24.5 Å². The van der Waals surface area contributed by atoms with Crippen LogP contribution in [-0.2, 0) is 9.84 Å². The maximum absolute atomic E-state index is 10.9. The summed E-state index contributed by atoms with van der Waals surface area (Å²) in [5, 5.41) is 9.54. The number of sulfone groups is 1. The highest BCUT2D eigenvalue weighted by molar-refractivity contribution is 7.90. The smallest absolute Gasteiger partial charge is 0.147 e. The van der Waals surface area contributed by atoms with E-state index in [1.165, 1.54) is 6.26 Å². The standard InChI is InChI=1S/C12H16O5S/c1-18(14,15)6-2-5-16-9-3-4-10-11(13)8-17-12(10)7-9/h3-4,7,11,13H,2,5-6,8H2,1H3. The lowest BCUT2D eigenvalue weighted by atomic mass is 10.1. The molecule has 0 spiro atoms. The fourth-order valence-corrected chi connectivity index (χ4v) is 2.42. The van der Waals surface area contributed by atoms with Crippen LogP contribution in [-0.4, -0.2) is 38.7 Å². The van der Waals surface area contributed by atoms with Crippen molar-refractivity contribution in [3.63, 3.8) is 0 Å². The molecule has 6 heteroatoms. The molecule has 0 saturated heterocycles. The minimum atomic E-state index is -2.93. The molecule has 1 N–H and O–H groups in total. The third-order valence-electron chi connectivity index (χ3n) is 2.67. The number of rotatable bonds is 5. The Morgan fingerprint density at radius 3 is 3.00 bits per heavy atom. The molecule has 2 rings (SSSR count). The van der Waals surface area contributed by atoms with Gasteiger partial charge in [0.25, 0.3) is 0 Å². The Labute approximate surface area is 106 Å². The first-order chi connectivity index (χ1) is 8.46. The number of aliphatic hydroxyl groups excluding tert-OH is 1. The van der Waals surface area contributed by atoms with Gasteiger partial charge >= 0.3 is 0 Å². The van der Waals surface area contributed by atoms with Crippen molar-refractivity contribution in [3.05, 3.63) is 23.8 Å². The van der Waals surface area contributed by atoms with Crippen LogP contribution in [0.25, 0.3) is 0 Å². The molecule has 0 aromatic heterocycles. The van der Waals surface area contributed by atoms with Gasteiger partial charge in [0, 0.05) is 17.9 Å². The van der Waals surface area contributed by atoms with Crippen LogP contribution in [0.4, 0.5) is 0 Å². The summed E-state index contributed by atoms with van der Waals surface area (Å²) in [4.78, 5) is 0. The number of hydrogen-bond acceptors (Lipinski definition) is 5. The Kier molecular flexibility index (Phi) is 3.77. The Bertz CT molecular complexity index is 523. The summed E-state index contributed by atoms with van der Waals surface area (Å²) in [6, 6.07) is 5.22. The molecule has 0 saturated carbocycles. The first-order valence-electron chi connectivity index (χ1n) is 5.71. The van der Waals surface area contributed by atoms with Gasteiger partial charge in [0.05, 0.1) is 12.4 Å². The predicted octanol–water partition coefficient (Wildman–Crippen LogP) is 0.926. The van der Waals surface area contributed by atoms with E-state index >= 15 is 0 Å². The molecule has 0 radical (unpaired) electrons. The van der Waals surface area contributed by atoms with Crippen molar-refractivity contribution in [3.8, 4) is 11.5 Å². The van der Waals surface area contributed by atoms with Crippen molar-refractivity contribution < 1.29 is 23.0 Å². The van der Waals surface area contributed by atoms with E-state index in [-0.39, 0.29) is 12.4 Å². The lowest BCUT2D eigenvalue weighted by Crippen LogP contribution is -2.07. The summed E-state index contributed by atoms with van der Waals surface area (Å²) in [6.07, 6.45) is 1.09. The van der Waals surface area contributed by atoms with Gasteiger partial charge in [-0.05, 0) is 18.6 Å². The molecule has 1 heterocycles. The van der Waals surface area contributed by atoms with E-state index < -0.39 is 15.9 Å². The van der Waals surface area contributed by atoms with Crippen LogP contribution in [0.15, 0.2) is 18.2 Å². The van der Waals surface area contributed by atoms with Crippen LogP contribution >= 0.6 is 0 Å². The molecule has 1 aliphatic heterocycles. The van der Waals surface area contributed by atoms with E-state index in [4.69, 9.17) is 9.47 Å². The van der Waals surface area contributed by atoms with Crippen molar-refractivity contribution >= 4 is 9.84 Å². The van der Waals surface area contributed by atoms with Gasteiger partial charge in [-0.25, -0.2) is 8.42 Å². The lowest BCUT2D eigenvalue weighted by molar-refractivity contribution is 0.140. The van der Waals surface area contributed by atoms with Crippen LogP contribution in [0, 0.1) is 0 Å². The van der Waals surface area contributed by atoms with Crippen LogP contribution in [0.3, 0.4) is 0 Å². The first kappa shape index (κ1) is 13.2. The second-order valence-electron chi connectivity index (χ2n) is 4.36. The number of hydrogen-bond donors (Lipinski definition) is 1. The fraction of sp³-hybridized carbons (Fsp3) is 0.500. The maximum Gasteiger partial charge on any atom is 0.147 e. The van der Waals surface area contributed by atoms with Crippen LogP contribution < -0.4 is 9.47 Å². The summed E-state index contributed by atoms with van der Waals surface area (Å²) >= 11 is 0. The van der Waals surface area contributed by atoms with E-state index in [0.717, 1.165) is 5.56 Å². The minimum Gasteiger partial charge on any atom is -0.493 e. The zero-order valence-corrected chi connectivity index (χ0v) is 10.9. The summed E-state index contributed by atoms with van der Waals surface area (Å²) in [5.74, 6) is 1.37. The molecule has 0 aliphatic carbocycles. The molecule has 100 valence electrons. The zero-order chi connectivity index (χ0) is 13.2. The summed E-state index contributed by atoms with van der Waals surface area (Å²) in [7, 11) is -2.93. The van der Waals surface area contributed by atoms with E-state index in [9.17, 15) is 13.5 Å². The average molecular weight is 272 g/mol. The maximum atomic E-state index is 10.9. The van der Waals surface area contributed by atoms with Crippen molar-refractivity contribution in [2.24, 2.45) is 0 Å². The first-order valence-corrected chi connectivity index (χ1v) is 7.77. The quantitative estimate of drug-likeness (QED) is 0.807. The normalized spacial score (nSPS) is 18.2. The zero-order valence-electron chi connectivity index (χ0n) is 10.1. The van der Waals surface area contributed by atoms with E-state index in [1.54, 1.807) is 18.2 Å². The third kappa shape index (κ3) is 3.36. The monoisotopic (exact) mass is 272 g/mol. The highest BCUT2D eigenvalue weighted by Crippen LogP contribution is 2.34. The molecule has 1 aliphatic rings. The van der Waals surface area contributed by atoms with Crippen molar-refractivity contribution in [1.82, 2.24) is 0 Å². The molecule has 0 fully saturated rings. The molecule has 1 aromatic rings. The fourth-order valence-electron chi connectivity index (χ4n) is 1.77. The van der Waals surface area contributed by atoms with Gasteiger partial charge in [-0.3, -0.25) is 0 Å². The number of fused-ring (bicyclic) bond motifs is 1. The largest absolute Gasteiger partial charge is 0.493 e. The molecule has 0 amide bonds. The van der Waals surface area contributed by atoms with Gasteiger partial charge in [0.2, 0.25) is 0 Å². The molecule has 18 heavy (non-hydrogen) atoms. The van der Waals surface area contributed by atoms with Crippen molar-refractivity contribution in [2.45, 2.75) is 12.5 Å². The Hall–Kier alpha value is -1.27. The van der Waals surface area contributed by atoms with Crippen molar-refractivity contribution in [2.75, 3.05) is 25.2 Å². The van der Waals surface area contributed by atoms with Gasteiger partial charge in [0.15, 0.2) is 0 Å². The lowest BCUT2D eigenvalue weighted by Gasteiger charge is -2.07. The SMILES string of the molecule is CS(=O)(=O)CCCOc1ccc2c(c1)OCC2O. The summed E-state index contributed by atoms with van der Waals surface area (Å²) < 4.78 is 32.6. The van der Waals surface area contributed by atoms with Gasteiger partial charge in [-0.2, -0.15) is 0 Å².